The SMILES string of the molecule is COC(=O)c1cc(-c2c(OC)cccc2OC)n(-c2cc(C(=O)N(C)CCCN(C)C)ccc2C)n1. The van der Waals surface area contributed by atoms with Gasteiger partial charge in [-0.2, -0.15) is 5.10 Å². The minimum Gasteiger partial charge on any atom is -0.496 e. The number of ether oxygens (including phenoxy) is 3. The summed E-state index contributed by atoms with van der Waals surface area (Å²) in [5.74, 6) is 0.441. The van der Waals surface area contributed by atoms with Crippen molar-refractivity contribution in [2.45, 2.75) is 13.3 Å². The number of benzene rings is 2. The van der Waals surface area contributed by atoms with E-state index in [1.165, 1.54) is 7.11 Å². The van der Waals surface area contributed by atoms with Crippen LogP contribution in [0.5, 0.6) is 11.5 Å². The molecule has 36 heavy (non-hydrogen) atoms. The zero-order valence-electron chi connectivity index (χ0n) is 22.0. The summed E-state index contributed by atoms with van der Waals surface area (Å²) in [6.45, 7) is 3.45. The molecule has 2 aromatic carbocycles. The molecule has 192 valence electrons. The Morgan fingerprint density at radius 2 is 1.61 bits per heavy atom. The van der Waals surface area contributed by atoms with Crippen molar-refractivity contribution in [1.29, 1.82) is 0 Å². The number of carbonyl (C=O) groups is 2. The molecular formula is C27H34N4O5. The molecule has 0 saturated heterocycles. The van der Waals surface area contributed by atoms with Crippen molar-refractivity contribution in [1.82, 2.24) is 19.6 Å². The normalized spacial score (nSPS) is 10.9. The minimum atomic E-state index is -0.575. The highest BCUT2D eigenvalue weighted by molar-refractivity contribution is 5.95. The van der Waals surface area contributed by atoms with E-state index in [0.717, 1.165) is 18.5 Å². The van der Waals surface area contributed by atoms with E-state index in [4.69, 9.17) is 14.2 Å². The molecule has 1 aromatic heterocycles. The molecule has 1 heterocycles. The number of aromatic nitrogens is 2. The number of hydrogen-bond acceptors (Lipinski definition) is 7. The molecule has 3 rings (SSSR count). The van der Waals surface area contributed by atoms with Crippen LogP contribution in [-0.2, 0) is 4.74 Å². The van der Waals surface area contributed by atoms with Gasteiger partial charge in [-0.05, 0) is 69.9 Å². The van der Waals surface area contributed by atoms with Gasteiger partial charge in [0.05, 0.1) is 38.3 Å². The lowest BCUT2D eigenvalue weighted by atomic mass is 10.1. The summed E-state index contributed by atoms with van der Waals surface area (Å²) in [7, 11) is 10.3. The van der Waals surface area contributed by atoms with Crippen molar-refractivity contribution >= 4 is 11.9 Å². The molecule has 0 aliphatic heterocycles. The molecule has 9 nitrogen and oxygen atoms in total. The Labute approximate surface area is 212 Å². The fourth-order valence-electron chi connectivity index (χ4n) is 3.97. The zero-order chi connectivity index (χ0) is 26.4. The lowest BCUT2D eigenvalue weighted by molar-refractivity contribution is 0.0593. The molecule has 0 spiro atoms. The van der Waals surface area contributed by atoms with Crippen LogP contribution in [0.1, 0.15) is 32.8 Å². The first kappa shape index (κ1) is 26.7. The van der Waals surface area contributed by atoms with E-state index in [1.54, 1.807) is 49.0 Å². The Hall–Kier alpha value is -3.85. The average molecular weight is 495 g/mol. The van der Waals surface area contributed by atoms with Crippen molar-refractivity contribution < 1.29 is 23.8 Å². The highest BCUT2D eigenvalue weighted by atomic mass is 16.5. The van der Waals surface area contributed by atoms with E-state index < -0.39 is 5.97 Å². The van der Waals surface area contributed by atoms with Gasteiger partial charge in [0, 0.05) is 19.2 Å². The van der Waals surface area contributed by atoms with Gasteiger partial charge >= 0.3 is 5.97 Å². The van der Waals surface area contributed by atoms with Crippen LogP contribution in [-0.4, -0.2) is 87.0 Å². The third kappa shape index (κ3) is 5.68. The smallest absolute Gasteiger partial charge is 0.358 e. The number of carbonyl (C=O) groups excluding carboxylic acids is 2. The summed E-state index contributed by atoms with van der Waals surface area (Å²) in [6.07, 6.45) is 0.868. The van der Waals surface area contributed by atoms with Crippen LogP contribution in [0.25, 0.3) is 16.9 Å². The predicted octanol–water partition coefficient (Wildman–Crippen LogP) is 3.68. The summed E-state index contributed by atoms with van der Waals surface area (Å²) < 4.78 is 17.8. The standard InChI is InChI=1S/C27H34N4O5/c1-18-12-13-19(26(32)30(4)15-9-14-29(2)3)16-21(18)31-22(17-20(28-31)27(33)36-7)25-23(34-5)10-8-11-24(25)35-6/h8,10-13,16-17H,9,14-15H2,1-7H3. The van der Waals surface area contributed by atoms with Gasteiger partial charge in [-0.1, -0.05) is 12.1 Å². The average Bonchev–Trinajstić information content (AvgIpc) is 3.31. The number of aryl methyl sites for hydroxylation is 1. The number of methoxy groups -OCH3 is 3. The maximum Gasteiger partial charge on any atom is 0.358 e. The third-order valence-corrected chi connectivity index (χ3v) is 5.92. The first-order valence-electron chi connectivity index (χ1n) is 11.6. The second-order valence-electron chi connectivity index (χ2n) is 8.74. The Morgan fingerprint density at radius 1 is 0.944 bits per heavy atom. The number of amides is 1. The van der Waals surface area contributed by atoms with Gasteiger partial charge in [0.2, 0.25) is 0 Å². The van der Waals surface area contributed by atoms with Crippen molar-refractivity contribution in [3.05, 3.63) is 59.3 Å². The summed E-state index contributed by atoms with van der Waals surface area (Å²) >= 11 is 0. The number of hydrogen-bond donors (Lipinski definition) is 0. The lowest BCUT2D eigenvalue weighted by Crippen LogP contribution is -2.29. The molecule has 9 heteroatoms. The van der Waals surface area contributed by atoms with Crippen molar-refractivity contribution in [2.24, 2.45) is 0 Å². The van der Waals surface area contributed by atoms with Crippen LogP contribution in [0.15, 0.2) is 42.5 Å². The van der Waals surface area contributed by atoms with Crippen LogP contribution in [0, 0.1) is 6.92 Å². The van der Waals surface area contributed by atoms with Gasteiger partial charge in [-0.25, -0.2) is 9.48 Å². The Morgan fingerprint density at radius 3 is 2.19 bits per heavy atom. The van der Waals surface area contributed by atoms with Gasteiger partial charge in [0.25, 0.3) is 5.91 Å². The van der Waals surface area contributed by atoms with E-state index in [0.29, 0.717) is 40.6 Å². The van der Waals surface area contributed by atoms with Crippen LogP contribution in [0.3, 0.4) is 0 Å². The maximum atomic E-state index is 13.2. The van der Waals surface area contributed by atoms with Gasteiger partial charge in [-0.3, -0.25) is 4.79 Å². The van der Waals surface area contributed by atoms with E-state index in [2.05, 4.69) is 10.00 Å². The van der Waals surface area contributed by atoms with Crippen molar-refractivity contribution in [3.63, 3.8) is 0 Å². The summed E-state index contributed by atoms with van der Waals surface area (Å²) in [5, 5.41) is 4.55. The molecule has 0 atom stereocenters. The van der Waals surface area contributed by atoms with Gasteiger partial charge in [-0.15, -0.1) is 0 Å². The largest absolute Gasteiger partial charge is 0.496 e. The first-order chi connectivity index (χ1) is 17.2. The van der Waals surface area contributed by atoms with Gasteiger partial charge in [0.1, 0.15) is 11.5 Å². The van der Waals surface area contributed by atoms with Crippen LogP contribution >= 0.6 is 0 Å². The molecule has 0 bridgehead atoms. The molecule has 0 aliphatic carbocycles. The summed E-state index contributed by atoms with van der Waals surface area (Å²) in [6, 6.07) is 12.5. The van der Waals surface area contributed by atoms with E-state index >= 15 is 0 Å². The monoisotopic (exact) mass is 494 g/mol. The van der Waals surface area contributed by atoms with Crippen LogP contribution in [0.2, 0.25) is 0 Å². The third-order valence-electron chi connectivity index (χ3n) is 5.92. The highest BCUT2D eigenvalue weighted by Gasteiger charge is 2.24. The van der Waals surface area contributed by atoms with Crippen LogP contribution < -0.4 is 9.47 Å². The second kappa shape index (κ2) is 11.7. The topological polar surface area (TPSA) is 86.1 Å². The Balaban J connectivity index is 2.13. The van der Waals surface area contributed by atoms with Gasteiger partial charge < -0.3 is 24.0 Å². The number of esters is 1. The number of rotatable bonds is 10. The van der Waals surface area contributed by atoms with Gasteiger partial charge in [0.15, 0.2) is 5.69 Å². The number of nitrogens with zero attached hydrogens (tertiary/aromatic N) is 4. The Bertz CT molecular complexity index is 1210. The maximum absolute atomic E-state index is 13.2. The predicted molar refractivity (Wildman–Crippen MR) is 138 cm³/mol. The molecule has 0 aliphatic rings. The minimum absolute atomic E-state index is 0.0909. The summed E-state index contributed by atoms with van der Waals surface area (Å²) in [5.41, 5.74) is 3.37. The van der Waals surface area contributed by atoms with Crippen LogP contribution in [0.4, 0.5) is 0 Å². The highest BCUT2D eigenvalue weighted by Crippen LogP contribution is 2.40. The molecule has 3 aromatic rings. The fraction of sp³-hybridized carbons (Fsp3) is 0.370. The second-order valence-corrected chi connectivity index (χ2v) is 8.74. The fourth-order valence-corrected chi connectivity index (χ4v) is 3.97. The molecule has 0 saturated carbocycles. The first-order valence-corrected chi connectivity index (χ1v) is 11.6. The van der Waals surface area contributed by atoms with E-state index in [9.17, 15) is 9.59 Å². The molecule has 0 radical (unpaired) electrons. The quantitative estimate of drug-likeness (QED) is 0.398. The molecule has 0 unspecified atom stereocenters. The molecule has 1 amide bonds. The molecular weight excluding hydrogens is 460 g/mol. The van der Waals surface area contributed by atoms with E-state index in [-0.39, 0.29) is 11.6 Å². The lowest BCUT2D eigenvalue weighted by Gasteiger charge is -2.20. The van der Waals surface area contributed by atoms with Crippen molar-refractivity contribution in [3.8, 4) is 28.4 Å². The van der Waals surface area contributed by atoms with Crippen molar-refractivity contribution in [2.75, 3.05) is 55.6 Å². The molecule has 0 fully saturated rings. The Kier molecular flexibility index (Phi) is 8.71. The summed E-state index contributed by atoms with van der Waals surface area (Å²) in [4.78, 5) is 29.4. The zero-order valence-corrected chi connectivity index (χ0v) is 22.0. The molecule has 0 N–H and O–H groups in total. The van der Waals surface area contributed by atoms with E-state index in [1.807, 2.05) is 45.3 Å².